The number of amides is 1. The molecule has 0 spiro atoms. The number of carbonyl (C=O) groups is 1. The van der Waals surface area contributed by atoms with Crippen LogP contribution in [0.15, 0.2) is 22.7 Å². The summed E-state index contributed by atoms with van der Waals surface area (Å²) >= 11 is 3.29. The first kappa shape index (κ1) is 17.0. The van der Waals surface area contributed by atoms with Crippen molar-refractivity contribution in [3.8, 4) is 0 Å². The van der Waals surface area contributed by atoms with Crippen LogP contribution in [0.5, 0.6) is 0 Å². The number of nitrogens with zero attached hydrogens (tertiary/aromatic N) is 3. The Kier molecular flexibility index (Phi) is 5.25. The second-order valence-corrected chi connectivity index (χ2v) is 6.72. The van der Waals surface area contributed by atoms with Crippen molar-refractivity contribution in [1.82, 2.24) is 25.6 Å². The molecule has 1 aliphatic heterocycles. The van der Waals surface area contributed by atoms with E-state index in [1.165, 1.54) is 12.1 Å². The third-order valence-electron chi connectivity index (χ3n) is 4.25. The molecule has 1 aromatic heterocycles. The number of carbonyl (C=O) groups excluding carboxylic acids is 1. The number of hydrogen-bond donors (Lipinski definition) is 2. The van der Waals surface area contributed by atoms with Gasteiger partial charge in [0, 0.05) is 11.0 Å². The van der Waals surface area contributed by atoms with E-state index in [-0.39, 0.29) is 17.8 Å². The molecule has 8 heteroatoms. The van der Waals surface area contributed by atoms with Gasteiger partial charge in [-0.3, -0.25) is 4.79 Å². The van der Waals surface area contributed by atoms with Crippen LogP contribution in [0.25, 0.3) is 0 Å². The smallest absolute Gasteiger partial charge is 0.274 e. The summed E-state index contributed by atoms with van der Waals surface area (Å²) in [5.41, 5.74) is 1.91. The molecule has 0 saturated carbocycles. The van der Waals surface area contributed by atoms with E-state index in [4.69, 9.17) is 0 Å². The number of halogens is 2. The second kappa shape index (κ2) is 7.40. The van der Waals surface area contributed by atoms with Crippen LogP contribution in [0.2, 0.25) is 0 Å². The lowest BCUT2D eigenvalue weighted by Crippen LogP contribution is -2.30. The van der Waals surface area contributed by atoms with Gasteiger partial charge in [-0.15, -0.1) is 5.10 Å². The van der Waals surface area contributed by atoms with Crippen molar-refractivity contribution in [2.45, 2.75) is 32.4 Å². The predicted octanol–water partition coefficient (Wildman–Crippen LogP) is 2.34. The Balaban J connectivity index is 1.68. The fraction of sp³-hybridized carbons (Fsp3) is 0.438. The highest BCUT2D eigenvalue weighted by Crippen LogP contribution is 2.21. The van der Waals surface area contributed by atoms with Gasteiger partial charge in [-0.2, -0.15) is 0 Å². The number of benzene rings is 1. The van der Waals surface area contributed by atoms with Crippen LogP contribution in [0.3, 0.4) is 0 Å². The summed E-state index contributed by atoms with van der Waals surface area (Å²) in [6, 6.07) is 4.66. The van der Waals surface area contributed by atoms with Crippen molar-refractivity contribution < 1.29 is 9.18 Å². The fourth-order valence-corrected chi connectivity index (χ4v) is 3.36. The summed E-state index contributed by atoms with van der Waals surface area (Å²) in [4.78, 5) is 12.4. The fourth-order valence-electron chi connectivity index (χ4n) is 2.87. The van der Waals surface area contributed by atoms with Gasteiger partial charge in [-0.1, -0.05) is 27.2 Å². The van der Waals surface area contributed by atoms with Crippen LogP contribution in [-0.2, 0) is 6.54 Å². The molecular formula is C16H19BrFN5O. The van der Waals surface area contributed by atoms with Crippen molar-refractivity contribution >= 4 is 21.8 Å². The monoisotopic (exact) mass is 395 g/mol. The number of aromatic nitrogens is 3. The van der Waals surface area contributed by atoms with E-state index in [0.717, 1.165) is 37.2 Å². The summed E-state index contributed by atoms with van der Waals surface area (Å²) in [6.45, 7) is 4.05. The van der Waals surface area contributed by atoms with E-state index in [9.17, 15) is 9.18 Å². The SMILES string of the molecule is Cc1c(C(=O)NCc2ccc(F)cc2Br)nnn1C1CCNCC1. The van der Waals surface area contributed by atoms with Crippen molar-refractivity contribution in [3.63, 3.8) is 0 Å². The molecule has 0 atom stereocenters. The first-order valence-corrected chi connectivity index (χ1v) is 8.70. The lowest BCUT2D eigenvalue weighted by Gasteiger charge is -2.23. The van der Waals surface area contributed by atoms with Gasteiger partial charge < -0.3 is 10.6 Å². The Hall–Kier alpha value is -1.80. The Morgan fingerprint density at radius 3 is 2.92 bits per heavy atom. The molecule has 0 bridgehead atoms. The molecule has 128 valence electrons. The van der Waals surface area contributed by atoms with Crippen molar-refractivity contribution in [1.29, 1.82) is 0 Å². The number of piperidine rings is 1. The lowest BCUT2D eigenvalue weighted by atomic mass is 10.1. The predicted molar refractivity (Wildman–Crippen MR) is 91.2 cm³/mol. The first-order valence-electron chi connectivity index (χ1n) is 7.91. The van der Waals surface area contributed by atoms with Gasteiger partial charge in [0.25, 0.3) is 5.91 Å². The van der Waals surface area contributed by atoms with Crippen LogP contribution in [0.4, 0.5) is 4.39 Å². The van der Waals surface area contributed by atoms with E-state index < -0.39 is 0 Å². The molecule has 2 N–H and O–H groups in total. The van der Waals surface area contributed by atoms with E-state index in [2.05, 4.69) is 36.9 Å². The minimum atomic E-state index is -0.322. The average Bonchev–Trinajstić information content (AvgIpc) is 2.96. The second-order valence-electron chi connectivity index (χ2n) is 5.87. The van der Waals surface area contributed by atoms with Crippen LogP contribution in [-0.4, -0.2) is 34.0 Å². The van der Waals surface area contributed by atoms with Gasteiger partial charge in [0.2, 0.25) is 0 Å². The highest BCUT2D eigenvalue weighted by molar-refractivity contribution is 9.10. The van der Waals surface area contributed by atoms with Gasteiger partial charge in [0.05, 0.1) is 11.7 Å². The molecular weight excluding hydrogens is 377 g/mol. The molecule has 1 saturated heterocycles. The molecule has 1 amide bonds. The Bertz CT molecular complexity index is 742. The molecule has 3 rings (SSSR count). The summed E-state index contributed by atoms with van der Waals surface area (Å²) in [7, 11) is 0. The minimum absolute atomic E-state index is 0.274. The largest absolute Gasteiger partial charge is 0.346 e. The molecule has 2 aromatic rings. The highest BCUT2D eigenvalue weighted by Gasteiger charge is 2.22. The topological polar surface area (TPSA) is 71.8 Å². The van der Waals surface area contributed by atoms with Crippen molar-refractivity contribution in [3.05, 3.63) is 45.4 Å². The Labute approximate surface area is 147 Å². The maximum atomic E-state index is 13.1. The third-order valence-corrected chi connectivity index (χ3v) is 4.99. The summed E-state index contributed by atoms with van der Waals surface area (Å²) < 4.78 is 15.6. The van der Waals surface area contributed by atoms with Crippen molar-refractivity contribution in [2.75, 3.05) is 13.1 Å². The molecule has 0 unspecified atom stereocenters. The van der Waals surface area contributed by atoms with E-state index in [0.29, 0.717) is 16.7 Å². The van der Waals surface area contributed by atoms with Gasteiger partial charge >= 0.3 is 0 Å². The normalized spacial score (nSPS) is 15.5. The zero-order valence-electron chi connectivity index (χ0n) is 13.4. The van der Waals surface area contributed by atoms with Crippen LogP contribution < -0.4 is 10.6 Å². The molecule has 1 aliphatic rings. The maximum Gasteiger partial charge on any atom is 0.274 e. The summed E-state index contributed by atoms with van der Waals surface area (Å²) in [5.74, 6) is -0.596. The van der Waals surface area contributed by atoms with Gasteiger partial charge in [-0.05, 0) is 50.6 Å². The minimum Gasteiger partial charge on any atom is -0.346 e. The van der Waals surface area contributed by atoms with E-state index in [1.54, 1.807) is 6.07 Å². The molecule has 1 fully saturated rings. The van der Waals surface area contributed by atoms with E-state index >= 15 is 0 Å². The van der Waals surface area contributed by atoms with Gasteiger partial charge in [0.15, 0.2) is 5.69 Å². The van der Waals surface area contributed by atoms with Crippen LogP contribution in [0.1, 0.15) is 40.6 Å². The molecule has 2 heterocycles. The summed E-state index contributed by atoms with van der Waals surface area (Å²) in [5, 5.41) is 14.3. The zero-order chi connectivity index (χ0) is 17.1. The number of hydrogen-bond acceptors (Lipinski definition) is 4. The molecule has 0 aliphatic carbocycles. The Morgan fingerprint density at radius 2 is 2.21 bits per heavy atom. The third kappa shape index (κ3) is 3.64. The van der Waals surface area contributed by atoms with Crippen LogP contribution in [0, 0.1) is 12.7 Å². The average molecular weight is 396 g/mol. The molecule has 24 heavy (non-hydrogen) atoms. The summed E-state index contributed by atoms with van der Waals surface area (Å²) in [6.07, 6.45) is 1.96. The molecule has 6 nitrogen and oxygen atoms in total. The standard InChI is InChI=1S/C16H19BrFN5O/c1-10-15(21-22-23(10)13-4-6-19-7-5-13)16(24)20-9-11-2-3-12(18)8-14(11)17/h2-3,8,13,19H,4-7,9H2,1H3,(H,20,24). The Morgan fingerprint density at radius 1 is 1.46 bits per heavy atom. The van der Waals surface area contributed by atoms with Gasteiger partial charge in [0.1, 0.15) is 5.82 Å². The number of rotatable bonds is 4. The zero-order valence-corrected chi connectivity index (χ0v) is 14.9. The lowest BCUT2D eigenvalue weighted by molar-refractivity contribution is 0.0945. The highest BCUT2D eigenvalue weighted by atomic mass is 79.9. The molecule has 1 aromatic carbocycles. The maximum absolute atomic E-state index is 13.1. The number of nitrogens with one attached hydrogen (secondary N) is 2. The van der Waals surface area contributed by atoms with Crippen LogP contribution >= 0.6 is 15.9 Å². The molecule has 0 radical (unpaired) electrons. The first-order chi connectivity index (χ1) is 11.6. The van der Waals surface area contributed by atoms with Crippen molar-refractivity contribution in [2.24, 2.45) is 0 Å². The van der Waals surface area contributed by atoms with E-state index in [1.807, 2.05) is 11.6 Å². The quantitative estimate of drug-likeness (QED) is 0.833. The van der Waals surface area contributed by atoms with Gasteiger partial charge in [-0.25, -0.2) is 9.07 Å².